The number of benzene rings is 1. The van der Waals surface area contributed by atoms with Gasteiger partial charge in [-0.1, -0.05) is 11.6 Å². The molecular weight excluding hydrogens is 335 g/mol. The van der Waals surface area contributed by atoms with Crippen molar-refractivity contribution in [3.63, 3.8) is 0 Å². The summed E-state index contributed by atoms with van der Waals surface area (Å²) in [5.74, 6) is -2.06. The maximum absolute atomic E-state index is 13.3. The molecule has 1 aliphatic rings. The van der Waals surface area contributed by atoms with Gasteiger partial charge in [0.15, 0.2) is 0 Å². The molecule has 1 aliphatic heterocycles. The Bertz CT molecular complexity index is 799. The molecular formula is C15H13ClF3NO3. The topological polar surface area (TPSA) is 51.3 Å². The van der Waals surface area contributed by atoms with Crippen LogP contribution in [-0.4, -0.2) is 17.6 Å². The molecule has 124 valence electrons. The molecule has 1 N–H and O–H groups in total. The Labute approximate surface area is 134 Å². The molecule has 0 saturated carbocycles. The summed E-state index contributed by atoms with van der Waals surface area (Å²) in [6.07, 6.45) is -4.26. The van der Waals surface area contributed by atoms with E-state index >= 15 is 0 Å². The second-order valence-corrected chi connectivity index (χ2v) is 5.87. The van der Waals surface area contributed by atoms with Gasteiger partial charge in [0.25, 0.3) is 5.79 Å². The maximum Gasteiger partial charge on any atom is 0.417 e. The fourth-order valence-corrected chi connectivity index (χ4v) is 3.19. The lowest BCUT2D eigenvalue weighted by molar-refractivity contribution is -0.234. The normalized spacial score (nSPS) is 21.3. The highest BCUT2D eigenvalue weighted by atomic mass is 35.5. The van der Waals surface area contributed by atoms with Gasteiger partial charge in [0, 0.05) is 19.2 Å². The number of carbonyl (C=O) groups is 1. The van der Waals surface area contributed by atoms with Crippen LogP contribution in [0.2, 0.25) is 5.02 Å². The lowest BCUT2D eigenvalue weighted by Crippen LogP contribution is -2.36. The largest absolute Gasteiger partial charge is 0.427 e. The van der Waals surface area contributed by atoms with Crippen LogP contribution in [0.1, 0.15) is 30.7 Å². The summed E-state index contributed by atoms with van der Waals surface area (Å²) in [6.45, 7) is 2.83. The van der Waals surface area contributed by atoms with E-state index in [-0.39, 0.29) is 34.6 Å². The molecule has 4 nitrogen and oxygen atoms in total. The third kappa shape index (κ3) is 2.57. The first-order valence-corrected chi connectivity index (χ1v) is 7.25. The van der Waals surface area contributed by atoms with Crippen molar-refractivity contribution in [2.24, 2.45) is 0 Å². The highest BCUT2D eigenvalue weighted by Gasteiger charge is 2.42. The van der Waals surface area contributed by atoms with Crippen LogP contribution in [0.5, 0.6) is 0 Å². The van der Waals surface area contributed by atoms with Crippen molar-refractivity contribution in [3.8, 4) is 0 Å². The van der Waals surface area contributed by atoms with Gasteiger partial charge in [-0.15, -0.1) is 0 Å². The second-order valence-electron chi connectivity index (χ2n) is 5.46. The van der Waals surface area contributed by atoms with Gasteiger partial charge in [-0.2, -0.15) is 13.2 Å². The molecule has 1 aromatic heterocycles. The number of aromatic nitrogens is 1. The number of alkyl halides is 3. The van der Waals surface area contributed by atoms with Crippen molar-refractivity contribution in [1.82, 2.24) is 4.98 Å². The van der Waals surface area contributed by atoms with Crippen LogP contribution in [0.25, 0.3) is 10.9 Å². The number of ether oxygens (including phenoxy) is 2. The first-order valence-electron chi connectivity index (χ1n) is 6.88. The molecule has 0 radical (unpaired) electrons. The molecule has 2 heterocycles. The minimum atomic E-state index is -4.52. The molecule has 0 saturated heterocycles. The van der Waals surface area contributed by atoms with E-state index in [1.54, 1.807) is 0 Å². The molecule has 0 aliphatic carbocycles. The molecule has 0 spiro atoms. The van der Waals surface area contributed by atoms with Gasteiger partial charge in [-0.25, -0.2) is 0 Å². The molecule has 1 aromatic carbocycles. The SMILES string of the molecule is CC(=O)OC1(C)OCCc2c1[nH]c1c(Cl)ccc(C(F)(F)F)c21. The zero-order valence-electron chi connectivity index (χ0n) is 12.3. The number of aromatic amines is 1. The van der Waals surface area contributed by atoms with Gasteiger partial charge in [0.2, 0.25) is 0 Å². The zero-order valence-corrected chi connectivity index (χ0v) is 13.1. The van der Waals surface area contributed by atoms with E-state index < -0.39 is 23.5 Å². The average molecular weight is 348 g/mol. The molecule has 23 heavy (non-hydrogen) atoms. The Morgan fingerprint density at radius 1 is 1.43 bits per heavy atom. The Morgan fingerprint density at radius 2 is 2.13 bits per heavy atom. The van der Waals surface area contributed by atoms with E-state index in [4.69, 9.17) is 21.1 Å². The molecule has 1 unspecified atom stereocenters. The van der Waals surface area contributed by atoms with E-state index in [0.717, 1.165) is 6.07 Å². The summed E-state index contributed by atoms with van der Waals surface area (Å²) in [5.41, 5.74) is 0.0780. The van der Waals surface area contributed by atoms with Crippen molar-refractivity contribution in [1.29, 1.82) is 0 Å². The van der Waals surface area contributed by atoms with Crippen molar-refractivity contribution in [2.75, 3.05) is 6.61 Å². The fraction of sp³-hybridized carbons (Fsp3) is 0.400. The van der Waals surface area contributed by atoms with Crippen LogP contribution in [0, 0.1) is 0 Å². The summed E-state index contributed by atoms with van der Waals surface area (Å²) in [5, 5.41) is 0.161. The number of esters is 1. The summed E-state index contributed by atoms with van der Waals surface area (Å²) in [4.78, 5) is 14.2. The lowest BCUT2D eigenvalue weighted by atomic mass is 9.97. The first kappa shape index (κ1) is 16.1. The van der Waals surface area contributed by atoms with Gasteiger partial charge in [-0.3, -0.25) is 4.79 Å². The Hall–Kier alpha value is -1.73. The van der Waals surface area contributed by atoms with E-state index in [1.165, 1.54) is 19.9 Å². The minimum Gasteiger partial charge on any atom is -0.427 e. The zero-order chi connectivity index (χ0) is 17.0. The van der Waals surface area contributed by atoms with Crippen molar-refractivity contribution < 1.29 is 27.4 Å². The van der Waals surface area contributed by atoms with Gasteiger partial charge >= 0.3 is 12.1 Å². The van der Waals surface area contributed by atoms with E-state index in [9.17, 15) is 18.0 Å². The van der Waals surface area contributed by atoms with Gasteiger partial charge < -0.3 is 14.5 Å². The van der Waals surface area contributed by atoms with Crippen molar-refractivity contribution in [2.45, 2.75) is 32.2 Å². The monoisotopic (exact) mass is 347 g/mol. The lowest BCUT2D eigenvalue weighted by Gasteiger charge is -2.32. The predicted molar refractivity (Wildman–Crippen MR) is 77.1 cm³/mol. The van der Waals surface area contributed by atoms with Crippen LogP contribution in [0.3, 0.4) is 0 Å². The number of fused-ring (bicyclic) bond motifs is 3. The number of hydrogen-bond acceptors (Lipinski definition) is 3. The average Bonchev–Trinajstić information content (AvgIpc) is 2.79. The number of rotatable bonds is 1. The maximum atomic E-state index is 13.3. The minimum absolute atomic E-state index is 0.00155. The number of halogens is 4. The summed E-state index contributed by atoms with van der Waals surface area (Å²) < 4.78 is 50.7. The van der Waals surface area contributed by atoms with Crippen LogP contribution in [-0.2, 0) is 32.7 Å². The van der Waals surface area contributed by atoms with Gasteiger partial charge in [0.1, 0.15) is 0 Å². The van der Waals surface area contributed by atoms with Gasteiger partial charge in [0.05, 0.1) is 28.4 Å². The second kappa shape index (κ2) is 5.14. The standard InChI is InChI=1S/C15H13ClF3NO3/c1-7(21)23-14(2)13-8(5-6-22-14)11-9(15(17,18)19)3-4-10(16)12(11)20-13/h3-4,20H,5-6H2,1-2H3. The molecule has 0 amide bonds. The van der Waals surface area contributed by atoms with E-state index in [1.807, 2.05) is 0 Å². The van der Waals surface area contributed by atoms with Gasteiger partial charge in [-0.05, 0) is 24.1 Å². The first-order chi connectivity index (χ1) is 10.6. The number of carbonyl (C=O) groups excluding carboxylic acids is 1. The molecule has 8 heteroatoms. The summed E-state index contributed by atoms with van der Waals surface area (Å²) in [6, 6.07) is 2.15. The molecule has 0 fully saturated rings. The summed E-state index contributed by atoms with van der Waals surface area (Å²) in [7, 11) is 0. The third-order valence-electron chi connectivity index (χ3n) is 3.84. The van der Waals surface area contributed by atoms with Crippen LogP contribution >= 0.6 is 11.6 Å². The Kier molecular flexibility index (Phi) is 3.61. The van der Waals surface area contributed by atoms with Crippen molar-refractivity contribution in [3.05, 3.63) is 34.0 Å². The van der Waals surface area contributed by atoms with Crippen molar-refractivity contribution >= 4 is 28.5 Å². The van der Waals surface area contributed by atoms with E-state index in [0.29, 0.717) is 5.56 Å². The molecule has 3 rings (SSSR count). The fourth-order valence-electron chi connectivity index (χ4n) is 2.99. The highest BCUT2D eigenvalue weighted by Crippen LogP contribution is 2.44. The Morgan fingerprint density at radius 3 is 2.74 bits per heavy atom. The van der Waals surface area contributed by atoms with Crippen LogP contribution in [0.15, 0.2) is 12.1 Å². The Balaban J connectivity index is 2.32. The molecule has 1 atom stereocenters. The van der Waals surface area contributed by atoms with Crippen LogP contribution < -0.4 is 0 Å². The number of H-pyrrole nitrogens is 1. The van der Waals surface area contributed by atoms with Crippen LogP contribution in [0.4, 0.5) is 13.2 Å². The predicted octanol–water partition coefficient (Wildman–Crippen LogP) is 4.15. The third-order valence-corrected chi connectivity index (χ3v) is 4.15. The quantitative estimate of drug-likeness (QED) is 0.788. The summed E-state index contributed by atoms with van der Waals surface area (Å²) >= 11 is 6.05. The number of nitrogens with one attached hydrogen (secondary N) is 1. The smallest absolute Gasteiger partial charge is 0.417 e. The molecule has 0 bridgehead atoms. The molecule has 2 aromatic rings. The van der Waals surface area contributed by atoms with E-state index in [2.05, 4.69) is 4.98 Å². The number of hydrogen-bond donors (Lipinski definition) is 1. The highest BCUT2D eigenvalue weighted by molar-refractivity contribution is 6.35.